The van der Waals surface area contributed by atoms with Gasteiger partial charge in [-0.25, -0.2) is 9.78 Å². The number of aryl methyl sites for hydroxylation is 1. The summed E-state index contributed by atoms with van der Waals surface area (Å²) in [6.07, 6.45) is 2.56. The van der Waals surface area contributed by atoms with Crippen LogP contribution in [-0.2, 0) is 23.2 Å². The molecular weight excluding hydrogens is 456 g/mol. The van der Waals surface area contributed by atoms with Crippen LogP contribution in [0.15, 0.2) is 77.7 Å². The summed E-state index contributed by atoms with van der Waals surface area (Å²) < 4.78 is 2.05. The molecule has 5 rings (SSSR count). The van der Waals surface area contributed by atoms with Crippen LogP contribution in [0.25, 0.3) is 11.0 Å². The van der Waals surface area contributed by atoms with E-state index in [2.05, 4.69) is 50.2 Å². The largest absolute Gasteiger partial charge is 0.478 e. The number of carbonyl (C=O) groups is 1. The topological polar surface area (TPSA) is 125 Å². The maximum absolute atomic E-state index is 11.5. The van der Waals surface area contributed by atoms with Gasteiger partial charge in [0.25, 0.3) is 6.10 Å². The number of imidazole rings is 1. The minimum absolute atomic E-state index is 0.158. The van der Waals surface area contributed by atoms with Crippen molar-refractivity contribution >= 4 is 28.6 Å². The Morgan fingerprint density at radius 1 is 1.31 bits per heavy atom. The number of nitriles is 1. The van der Waals surface area contributed by atoms with Crippen molar-refractivity contribution in [1.29, 1.82) is 5.26 Å². The zero-order chi connectivity index (χ0) is 25.1. The third-order valence-electron chi connectivity index (χ3n) is 6.11. The molecule has 0 amide bonds. The van der Waals surface area contributed by atoms with Crippen molar-refractivity contribution in [3.05, 3.63) is 95.1 Å². The summed E-state index contributed by atoms with van der Waals surface area (Å²) >= 11 is 0. The second kappa shape index (κ2) is 9.74. The van der Waals surface area contributed by atoms with E-state index in [1.54, 1.807) is 30.5 Å². The zero-order valence-electron chi connectivity index (χ0n) is 19.4. The highest BCUT2D eigenvalue weighted by Gasteiger charge is 2.32. The molecule has 2 aromatic carbocycles. The Bertz CT molecular complexity index is 1530. The SMILES string of the molecule is Cn1c(CNc2ccc(C#N)cc2)nc2cc(C3CC3=C=NOC(C(=O)O)c3cccnc3)ccc21. The van der Waals surface area contributed by atoms with Crippen LogP contribution in [0.4, 0.5) is 5.69 Å². The minimum atomic E-state index is -1.23. The molecule has 2 atom stereocenters. The van der Waals surface area contributed by atoms with Gasteiger partial charge in [0.05, 0.1) is 29.2 Å². The number of nitrogens with one attached hydrogen (secondary N) is 1. The summed E-state index contributed by atoms with van der Waals surface area (Å²) in [6.45, 7) is 0.548. The Balaban J connectivity index is 1.27. The van der Waals surface area contributed by atoms with Crippen molar-refractivity contribution in [2.24, 2.45) is 12.2 Å². The molecule has 2 N–H and O–H groups in total. The number of fused-ring (bicyclic) bond motifs is 1. The molecule has 0 radical (unpaired) electrons. The first kappa shape index (κ1) is 22.8. The van der Waals surface area contributed by atoms with Gasteiger partial charge < -0.3 is 19.8 Å². The molecule has 4 aromatic rings. The van der Waals surface area contributed by atoms with Crippen molar-refractivity contribution in [2.45, 2.75) is 25.0 Å². The summed E-state index contributed by atoms with van der Waals surface area (Å²) in [6, 6.07) is 18.9. The second-order valence-electron chi connectivity index (χ2n) is 8.47. The van der Waals surface area contributed by atoms with Crippen molar-refractivity contribution in [2.75, 3.05) is 5.32 Å². The van der Waals surface area contributed by atoms with Crippen LogP contribution in [0.5, 0.6) is 0 Å². The fourth-order valence-corrected chi connectivity index (χ4v) is 4.01. The average molecular weight is 479 g/mol. The van der Waals surface area contributed by atoms with Crippen molar-refractivity contribution in [3.63, 3.8) is 0 Å². The van der Waals surface area contributed by atoms with Crippen LogP contribution in [0.2, 0.25) is 0 Å². The fourth-order valence-electron chi connectivity index (χ4n) is 4.01. The Labute approximate surface area is 207 Å². The molecule has 178 valence electrons. The van der Waals surface area contributed by atoms with E-state index in [1.165, 1.54) is 6.20 Å². The monoisotopic (exact) mass is 478 g/mol. The van der Waals surface area contributed by atoms with Gasteiger partial charge in [-0.15, -0.1) is 0 Å². The molecule has 9 heteroatoms. The fraction of sp³-hybridized carbons (Fsp3) is 0.185. The predicted molar refractivity (Wildman–Crippen MR) is 133 cm³/mol. The van der Waals surface area contributed by atoms with Crippen molar-refractivity contribution in [1.82, 2.24) is 14.5 Å². The van der Waals surface area contributed by atoms with E-state index in [0.29, 0.717) is 17.7 Å². The summed E-state index contributed by atoms with van der Waals surface area (Å²) in [5.41, 5.74) is 5.93. The molecule has 2 unspecified atom stereocenters. The van der Waals surface area contributed by atoms with Gasteiger partial charge in [-0.1, -0.05) is 12.1 Å². The highest BCUT2D eigenvalue weighted by Crippen LogP contribution is 2.45. The molecule has 0 spiro atoms. The van der Waals surface area contributed by atoms with E-state index in [9.17, 15) is 9.90 Å². The Morgan fingerprint density at radius 3 is 2.86 bits per heavy atom. The summed E-state index contributed by atoms with van der Waals surface area (Å²) in [5, 5.41) is 25.5. The molecule has 0 aliphatic heterocycles. The Morgan fingerprint density at radius 2 is 2.14 bits per heavy atom. The minimum Gasteiger partial charge on any atom is -0.478 e. The van der Waals surface area contributed by atoms with Crippen LogP contribution in [0.3, 0.4) is 0 Å². The number of benzene rings is 2. The molecule has 1 fully saturated rings. The number of carboxylic acids is 1. The smallest absolute Gasteiger partial charge is 0.352 e. The molecule has 2 aromatic heterocycles. The maximum Gasteiger partial charge on any atom is 0.352 e. The van der Waals surface area contributed by atoms with Gasteiger partial charge in [0.2, 0.25) is 0 Å². The lowest BCUT2D eigenvalue weighted by Gasteiger charge is -2.08. The molecule has 1 saturated carbocycles. The molecule has 1 aliphatic carbocycles. The lowest BCUT2D eigenvalue weighted by atomic mass is 10.1. The number of rotatable bonds is 8. The molecule has 9 nitrogen and oxygen atoms in total. The van der Waals surface area contributed by atoms with Gasteiger partial charge in [0, 0.05) is 48.1 Å². The van der Waals surface area contributed by atoms with E-state index in [-0.39, 0.29) is 5.92 Å². The molecule has 1 aliphatic rings. The number of aromatic nitrogens is 3. The van der Waals surface area contributed by atoms with Gasteiger partial charge >= 0.3 is 5.97 Å². The number of nitrogens with zero attached hydrogens (tertiary/aromatic N) is 5. The van der Waals surface area contributed by atoms with Gasteiger partial charge in [0.15, 0.2) is 0 Å². The molecule has 36 heavy (non-hydrogen) atoms. The number of hydrogen-bond donors (Lipinski definition) is 2. The lowest BCUT2D eigenvalue weighted by Crippen LogP contribution is -2.13. The Hall–Kier alpha value is -4.93. The second-order valence-corrected chi connectivity index (χ2v) is 8.47. The van der Waals surface area contributed by atoms with E-state index < -0.39 is 12.1 Å². The third-order valence-corrected chi connectivity index (χ3v) is 6.11. The summed E-state index contributed by atoms with van der Waals surface area (Å²) in [4.78, 5) is 25.4. The number of aliphatic carboxylic acids is 1. The standard InChI is InChI=1S/C27H22N6O3/c1-33-24-9-6-18(12-23(24)32-25(33)16-30-21-7-4-17(13-28)5-8-21)22-11-20(22)15-31-36-26(27(34)35)19-3-2-10-29-14-19/h2-10,12,14,22,26,30H,11,16H2,1H3,(H,34,35). The van der Waals surface area contributed by atoms with E-state index in [0.717, 1.165) is 40.1 Å². The van der Waals surface area contributed by atoms with Crippen molar-refractivity contribution < 1.29 is 14.7 Å². The number of carboxylic acid groups (broad SMARTS) is 1. The summed E-state index contributed by atoms with van der Waals surface area (Å²) in [7, 11) is 1.98. The van der Waals surface area contributed by atoms with Gasteiger partial charge in [0.1, 0.15) is 5.82 Å². The quantitative estimate of drug-likeness (QED) is 0.286. The van der Waals surface area contributed by atoms with Crippen LogP contribution < -0.4 is 5.32 Å². The van der Waals surface area contributed by atoms with Gasteiger partial charge in [-0.05, 0) is 59.6 Å². The maximum atomic E-state index is 11.5. The predicted octanol–water partition coefficient (Wildman–Crippen LogP) is 4.29. The van der Waals surface area contributed by atoms with Crippen molar-refractivity contribution in [3.8, 4) is 6.07 Å². The zero-order valence-corrected chi connectivity index (χ0v) is 19.4. The lowest BCUT2D eigenvalue weighted by molar-refractivity contribution is -0.150. The normalized spacial score (nSPS) is 15.0. The number of allylic oxidation sites excluding steroid dienone is 1. The first-order valence-corrected chi connectivity index (χ1v) is 11.3. The first-order chi connectivity index (χ1) is 17.5. The van der Waals surface area contributed by atoms with Crippen LogP contribution in [-0.4, -0.2) is 31.5 Å². The number of anilines is 1. The van der Waals surface area contributed by atoms with Gasteiger partial charge in [-0.3, -0.25) is 4.98 Å². The highest BCUT2D eigenvalue weighted by molar-refractivity contribution is 5.79. The third kappa shape index (κ3) is 4.80. The molecule has 2 heterocycles. The van der Waals surface area contributed by atoms with E-state index >= 15 is 0 Å². The average Bonchev–Trinajstić information content (AvgIpc) is 3.61. The molecule has 0 bridgehead atoms. The van der Waals surface area contributed by atoms with Crippen LogP contribution in [0.1, 0.15) is 41.0 Å². The van der Waals surface area contributed by atoms with E-state index in [4.69, 9.17) is 15.1 Å². The van der Waals surface area contributed by atoms with Crippen LogP contribution >= 0.6 is 0 Å². The summed E-state index contributed by atoms with van der Waals surface area (Å²) in [5.74, 6) is 2.76. The Kier molecular flexibility index (Phi) is 6.18. The first-order valence-electron chi connectivity index (χ1n) is 11.3. The van der Waals surface area contributed by atoms with E-state index in [1.807, 2.05) is 19.2 Å². The number of pyridine rings is 1. The number of hydrogen-bond acceptors (Lipinski definition) is 7. The van der Waals surface area contributed by atoms with Crippen LogP contribution in [0, 0.1) is 11.3 Å². The highest BCUT2D eigenvalue weighted by atomic mass is 16.6. The molecular formula is C27H22N6O3. The van der Waals surface area contributed by atoms with Gasteiger partial charge in [-0.2, -0.15) is 5.26 Å². The molecule has 0 saturated heterocycles.